The van der Waals surface area contributed by atoms with Gasteiger partial charge < -0.3 is 5.73 Å². The molecule has 0 amide bonds. The zero-order valence-electron chi connectivity index (χ0n) is 6.68. The summed E-state index contributed by atoms with van der Waals surface area (Å²) in [5.74, 6) is 2.92. The second-order valence-corrected chi connectivity index (χ2v) is 2.47. The van der Waals surface area contributed by atoms with E-state index < -0.39 is 0 Å². The van der Waals surface area contributed by atoms with Crippen LogP contribution in [0.4, 0.5) is 5.82 Å². The van der Waals surface area contributed by atoms with Crippen molar-refractivity contribution in [2.45, 2.75) is 13.8 Å². The summed E-state index contributed by atoms with van der Waals surface area (Å²) in [5, 5.41) is 0. The van der Waals surface area contributed by atoms with Gasteiger partial charge in [-0.1, -0.05) is 5.92 Å². The molecule has 0 fully saturated rings. The molecule has 2 N–H and O–H groups in total. The van der Waals surface area contributed by atoms with Crippen LogP contribution in [0.5, 0.6) is 0 Å². The van der Waals surface area contributed by atoms with Crippen LogP contribution in [0.3, 0.4) is 0 Å². The number of nitrogen functional groups attached to an aromatic ring is 1. The third-order valence-electron chi connectivity index (χ3n) is 1.65. The highest BCUT2D eigenvalue weighted by atomic mass is 14.8. The summed E-state index contributed by atoms with van der Waals surface area (Å²) >= 11 is 0. The predicted molar refractivity (Wildman–Crippen MR) is 46.1 cm³/mol. The molecule has 0 aliphatic rings. The fraction of sp³-hybridized carbons (Fsp3) is 0.222. The van der Waals surface area contributed by atoms with Gasteiger partial charge in [0.15, 0.2) is 0 Å². The summed E-state index contributed by atoms with van der Waals surface area (Å²) in [4.78, 5) is 4.08. The molecule has 0 spiro atoms. The van der Waals surface area contributed by atoms with Crippen molar-refractivity contribution >= 4 is 5.82 Å². The number of pyridine rings is 1. The van der Waals surface area contributed by atoms with Crippen molar-refractivity contribution in [1.82, 2.24) is 4.98 Å². The molecule has 1 rings (SSSR count). The molecule has 0 aliphatic carbocycles. The van der Waals surface area contributed by atoms with E-state index in [-0.39, 0.29) is 0 Å². The van der Waals surface area contributed by atoms with Crippen LogP contribution in [0.2, 0.25) is 0 Å². The molecule has 0 bridgehead atoms. The number of aromatic nitrogens is 1. The highest BCUT2D eigenvalue weighted by molar-refractivity contribution is 5.52. The number of nitrogens with two attached hydrogens (primary N) is 1. The molecule has 0 aromatic carbocycles. The van der Waals surface area contributed by atoms with Crippen molar-refractivity contribution in [3.05, 3.63) is 22.9 Å². The van der Waals surface area contributed by atoms with E-state index in [0.717, 1.165) is 11.3 Å². The first-order valence-corrected chi connectivity index (χ1v) is 3.35. The Hall–Kier alpha value is -1.49. The van der Waals surface area contributed by atoms with Gasteiger partial charge in [-0.05, 0) is 25.5 Å². The van der Waals surface area contributed by atoms with Crippen molar-refractivity contribution in [2.75, 3.05) is 5.73 Å². The SMILES string of the molecule is C#Cc1cc(C)c(C)nc1N. The number of hydrogen-bond acceptors (Lipinski definition) is 2. The molecule has 56 valence electrons. The Morgan fingerprint density at radius 1 is 1.55 bits per heavy atom. The minimum Gasteiger partial charge on any atom is -0.383 e. The van der Waals surface area contributed by atoms with Crippen molar-refractivity contribution in [3.63, 3.8) is 0 Å². The number of aryl methyl sites for hydroxylation is 2. The monoisotopic (exact) mass is 146 g/mol. The molecule has 1 aromatic rings. The molecule has 0 saturated heterocycles. The van der Waals surface area contributed by atoms with Crippen LogP contribution in [0.15, 0.2) is 6.07 Å². The van der Waals surface area contributed by atoms with Crippen LogP contribution in [0.1, 0.15) is 16.8 Å². The lowest BCUT2D eigenvalue weighted by Crippen LogP contribution is -1.98. The van der Waals surface area contributed by atoms with Gasteiger partial charge in [-0.25, -0.2) is 4.98 Å². The van der Waals surface area contributed by atoms with Crippen molar-refractivity contribution < 1.29 is 0 Å². The number of terminal acetylenes is 1. The summed E-state index contributed by atoms with van der Waals surface area (Å²) in [6, 6.07) is 1.87. The molecule has 11 heavy (non-hydrogen) atoms. The quantitative estimate of drug-likeness (QED) is 0.560. The van der Waals surface area contributed by atoms with Crippen LogP contribution >= 0.6 is 0 Å². The second kappa shape index (κ2) is 2.63. The van der Waals surface area contributed by atoms with Gasteiger partial charge in [-0.3, -0.25) is 0 Å². The van der Waals surface area contributed by atoms with E-state index in [1.807, 2.05) is 19.9 Å². The van der Waals surface area contributed by atoms with Crippen molar-refractivity contribution in [2.24, 2.45) is 0 Å². The average molecular weight is 146 g/mol. The minimum absolute atomic E-state index is 0.440. The van der Waals surface area contributed by atoms with Crippen LogP contribution in [-0.2, 0) is 0 Å². The maximum absolute atomic E-state index is 5.55. The van der Waals surface area contributed by atoms with Gasteiger partial charge in [0.25, 0.3) is 0 Å². The van der Waals surface area contributed by atoms with Crippen molar-refractivity contribution in [1.29, 1.82) is 0 Å². The fourth-order valence-electron chi connectivity index (χ4n) is 0.840. The Balaban J connectivity index is 3.35. The number of hydrogen-bond donors (Lipinski definition) is 1. The zero-order valence-corrected chi connectivity index (χ0v) is 6.68. The van der Waals surface area contributed by atoms with Gasteiger partial charge in [0.1, 0.15) is 5.82 Å². The number of anilines is 1. The van der Waals surface area contributed by atoms with Gasteiger partial charge in [-0.15, -0.1) is 6.42 Å². The highest BCUT2D eigenvalue weighted by Gasteiger charge is 1.99. The lowest BCUT2D eigenvalue weighted by atomic mass is 10.1. The largest absolute Gasteiger partial charge is 0.383 e. The van der Waals surface area contributed by atoms with Crippen LogP contribution < -0.4 is 5.73 Å². The summed E-state index contributed by atoms with van der Waals surface area (Å²) in [6.45, 7) is 3.87. The number of nitrogens with zero attached hydrogens (tertiary/aromatic N) is 1. The van der Waals surface area contributed by atoms with Crippen LogP contribution in [-0.4, -0.2) is 4.98 Å². The highest BCUT2D eigenvalue weighted by Crippen LogP contribution is 2.11. The van der Waals surface area contributed by atoms with E-state index in [9.17, 15) is 0 Å². The maximum atomic E-state index is 5.55. The Bertz CT molecular complexity index is 321. The fourth-order valence-corrected chi connectivity index (χ4v) is 0.840. The molecule has 2 heteroatoms. The first-order valence-electron chi connectivity index (χ1n) is 3.35. The molecule has 0 saturated carbocycles. The lowest BCUT2D eigenvalue weighted by molar-refractivity contribution is 1.15. The van der Waals surface area contributed by atoms with E-state index in [0.29, 0.717) is 11.4 Å². The Morgan fingerprint density at radius 3 is 2.73 bits per heavy atom. The molecule has 2 nitrogen and oxygen atoms in total. The maximum Gasteiger partial charge on any atom is 0.139 e. The van der Waals surface area contributed by atoms with Crippen LogP contribution in [0, 0.1) is 26.2 Å². The summed E-state index contributed by atoms with van der Waals surface area (Å²) < 4.78 is 0. The Morgan fingerprint density at radius 2 is 2.18 bits per heavy atom. The van der Waals surface area contributed by atoms with Gasteiger partial charge in [0.05, 0.1) is 5.56 Å². The average Bonchev–Trinajstić information content (AvgIpc) is 1.97. The lowest BCUT2D eigenvalue weighted by Gasteiger charge is -2.02. The second-order valence-electron chi connectivity index (χ2n) is 2.47. The zero-order chi connectivity index (χ0) is 8.43. The van der Waals surface area contributed by atoms with E-state index >= 15 is 0 Å². The molecule has 0 radical (unpaired) electrons. The molecular weight excluding hydrogens is 136 g/mol. The standard InChI is InChI=1S/C9H10N2/c1-4-8-5-6(2)7(3)11-9(8)10/h1,5H,2-3H3,(H2,10,11). The Kier molecular flexibility index (Phi) is 1.82. The Labute approximate surface area is 66.4 Å². The molecular formula is C9H10N2. The van der Waals surface area contributed by atoms with Gasteiger partial charge in [0.2, 0.25) is 0 Å². The van der Waals surface area contributed by atoms with Crippen molar-refractivity contribution in [3.8, 4) is 12.3 Å². The van der Waals surface area contributed by atoms with Gasteiger partial charge >= 0.3 is 0 Å². The van der Waals surface area contributed by atoms with Gasteiger partial charge in [-0.2, -0.15) is 0 Å². The van der Waals surface area contributed by atoms with E-state index in [2.05, 4.69) is 10.9 Å². The molecule has 0 atom stereocenters. The van der Waals surface area contributed by atoms with E-state index in [4.69, 9.17) is 12.2 Å². The third kappa shape index (κ3) is 1.32. The molecule has 0 unspecified atom stereocenters. The first kappa shape index (κ1) is 7.62. The molecule has 1 aromatic heterocycles. The predicted octanol–water partition coefficient (Wildman–Crippen LogP) is 1.26. The first-order chi connectivity index (χ1) is 5.15. The van der Waals surface area contributed by atoms with E-state index in [1.165, 1.54) is 0 Å². The van der Waals surface area contributed by atoms with Crippen LogP contribution in [0.25, 0.3) is 0 Å². The molecule has 1 heterocycles. The summed E-state index contributed by atoms with van der Waals surface area (Å²) in [5.41, 5.74) is 8.23. The molecule has 0 aliphatic heterocycles. The topological polar surface area (TPSA) is 38.9 Å². The third-order valence-corrected chi connectivity index (χ3v) is 1.65. The van der Waals surface area contributed by atoms with Gasteiger partial charge in [0, 0.05) is 5.69 Å². The summed E-state index contributed by atoms with van der Waals surface area (Å²) in [7, 11) is 0. The summed E-state index contributed by atoms with van der Waals surface area (Å²) in [6.07, 6.45) is 5.20. The minimum atomic E-state index is 0.440. The number of rotatable bonds is 0. The smallest absolute Gasteiger partial charge is 0.139 e. The van der Waals surface area contributed by atoms with E-state index in [1.54, 1.807) is 0 Å². The normalized spacial score (nSPS) is 9.18.